The van der Waals surface area contributed by atoms with E-state index in [-0.39, 0.29) is 0 Å². The van der Waals surface area contributed by atoms with Gasteiger partial charge in [0.1, 0.15) is 11.0 Å². The molecule has 0 unspecified atom stereocenters. The Bertz CT molecular complexity index is 335. The minimum Gasteiger partial charge on any atom is -0.240 e. The summed E-state index contributed by atoms with van der Waals surface area (Å²) in [6.07, 6.45) is 9.59. The van der Waals surface area contributed by atoms with Gasteiger partial charge in [0.15, 0.2) is 0 Å². The summed E-state index contributed by atoms with van der Waals surface area (Å²) in [6.45, 7) is 0. The van der Waals surface area contributed by atoms with Crippen LogP contribution in [0.1, 0.15) is 50.3 Å². The lowest BCUT2D eigenvalue weighted by Gasteiger charge is -2.12. The van der Waals surface area contributed by atoms with Crippen LogP contribution in [0.25, 0.3) is 0 Å². The third-order valence-corrected chi connectivity index (χ3v) is 4.34. The first-order chi connectivity index (χ1) is 7.27. The smallest absolute Gasteiger partial charge is 0.146 e. The largest absolute Gasteiger partial charge is 0.240 e. The number of nitrogens with zero attached hydrogens (tertiary/aromatic N) is 2. The molecule has 0 atom stereocenters. The van der Waals surface area contributed by atoms with E-state index in [4.69, 9.17) is 11.6 Å². The first-order valence-corrected chi connectivity index (χ1v) is 6.91. The SMILES string of the molecule is Clc1nc(C2CCCCCC2)ncc1I. The number of halogens is 2. The average molecular weight is 337 g/mol. The van der Waals surface area contributed by atoms with E-state index in [1.165, 1.54) is 38.5 Å². The number of hydrogen-bond donors (Lipinski definition) is 0. The minimum absolute atomic E-state index is 0.530. The fourth-order valence-corrected chi connectivity index (χ4v) is 2.49. The summed E-state index contributed by atoms with van der Waals surface area (Å²) in [4.78, 5) is 8.79. The summed E-state index contributed by atoms with van der Waals surface area (Å²) in [5, 5.41) is 0.602. The highest BCUT2D eigenvalue weighted by Gasteiger charge is 2.17. The monoisotopic (exact) mass is 336 g/mol. The van der Waals surface area contributed by atoms with Crippen molar-refractivity contribution >= 4 is 34.2 Å². The summed E-state index contributed by atoms with van der Waals surface area (Å²) in [7, 11) is 0. The van der Waals surface area contributed by atoms with Crippen LogP contribution >= 0.6 is 34.2 Å². The van der Waals surface area contributed by atoms with Crippen LogP contribution in [0.3, 0.4) is 0 Å². The zero-order chi connectivity index (χ0) is 10.7. The van der Waals surface area contributed by atoms with Gasteiger partial charge in [-0.05, 0) is 35.4 Å². The van der Waals surface area contributed by atoms with E-state index in [9.17, 15) is 0 Å². The zero-order valence-electron chi connectivity index (χ0n) is 8.55. The van der Waals surface area contributed by atoms with E-state index in [1.807, 2.05) is 6.20 Å². The van der Waals surface area contributed by atoms with Crippen molar-refractivity contribution in [3.63, 3.8) is 0 Å². The van der Waals surface area contributed by atoms with Crippen LogP contribution in [-0.4, -0.2) is 9.97 Å². The normalized spacial score (nSPS) is 18.8. The minimum atomic E-state index is 0.530. The molecular weight excluding hydrogens is 322 g/mol. The third kappa shape index (κ3) is 3.03. The Kier molecular flexibility index (Phi) is 4.20. The molecule has 1 heterocycles. The molecule has 15 heavy (non-hydrogen) atoms. The molecule has 0 aromatic carbocycles. The maximum absolute atomic E-state index is 6.02. The molecule has 0 saturated heterocycles. The zero-order valence-corrected chi connectivity index (χ0v) is 11.5. The fraction of sp³-hybridized carbons (Fsp3) is 0.636. The molecule has 0 radical (unpaired) electrons. The predicted molar refractivity (Wildman–Crippen MR) is 70.2 cm³/mol. The van der Waals surface area contributed by atoms with Gasteiger partial charge in [-0.3, -0.25) is 0 Å². The highest BCUT2D eigenvalue weighted by atomic mass is 127. The second kappa shape index (κ2) is 5.43. The summed E-state index contributed by atoms with van der Waals surface area (Å²) in [6, 6.07) is 0. The molecule has 1 aromatic rings. The van der Waals surface area contributed by atoms with Crippen molar-refractivity contribution < 1.29 is 0 Å². The van der Waals surface area contributed by atoms with Gasteiger partial charge in [-0.15, -0.1) is 0 Å². The average Bonchev–Trinajstić information content (AvgIpc) is 2.50. The number of rotatable bonds is 1. The topological polar surface area (TPSA) is 25.8 Å². The second-order valence-electron chi connectivity index (χ2n) is 4.06. The Labute approximate surface area is 109 Å². The Morgan fingerprint density at radius 1 is 1.20 bits per heavy atom. The molecule has 1 aliphatic rings. The second-order valence-corrected chi connectivity index (χ2v) is 5.58. The predicted octanol–water partition coefficient (Wildman–Crippen LogP) is 4.17. The Morgan fingerprint density at radius 3 is 2.47 bits per heavy atom. The molecule has 4 heteroatoms. The molecule has 0 spiro atoms. The van der Waals surface area contributed by atoms with Crippen LogP contribution in [-0.2, 0) is 0 Å². The van der Waals surface area contributed by atoms with Crippen molar-refractivity contribution in [3.05, 3.63) is 20.7 Å². The molecular formula is C11H14ClIN2. The lowest BCUT2D eigenvalue weighted by molar-refractivity contribution is 0.560. The van der Waals surface area contributed by atoms with Gasteiger partial charge in [0.05, 0.1) is 3.57 Å². The van der Waals surface area contributed by atoms with Gasteiger partial charge in [-0.1, -0.05) is 37.3 Å². The van der Waals surface area contributed by atoms with Crippen molar-refractivity contribution in [2.45, 2.75) is 44.4 Å². The van der Waals surface area contributed by atoms with Gasteiger partial charge in [0, 0.05) is 12.1 Å². The van der Waals surface area contributed by atoms with Gasteiger partial charge in [0.2, 0.25) is 0 Å². The van der Waals surface area contributed by atoms with Crippen LogP contribution in [0.2, 0.25) is 5.15 Å². The molecule has 1 aliphatic carbocycles. The van der Waals surface area contributed by atoms with E-state index in [1.54, 1.807) is 0 Å². The van der Waals surface area contributed by atoms with Crippen LogP contribution < -0.4 is 0 Å². The van der Waals surface area contributed by atoms with Crippen molar-refractivity contribution in [2.75, 3.05) is 0 Å². The third-order valence-electron chi connectivity index (χ3n) is 2.94. The van der Waals surface area contributed by atoms with Crippen molar-refractivity contribution in [3.8, 4) is 0 Å². The van der Waals surface area contributed by atoms with Gasteiger partial charge in [0.25, 0.3) is 0 Å². The molecule has 2 rings (SSSR count). The van der Waals surface area contributed by atoms with Crippen molar-refractivity contribution in [1.82, 2.24) is 9.97 Å². The molecule has 1 saturated carbocycles. The molecule has 0 bridgehead atoms. The fourth-order valence-electron chi connectivity index (χ4n) is 2.09. The Balaban J connectivity index is 2.16. The van der Waals surface area contributed by atoms with Crippen LogP contribution in [0.15, 0.2) is 6.20 Å². The van der Waals surface area contributed by atoms with Crippen molar-refractivity contribution in [2.24, 2.45) is 0 Å². The van der Waals surface area contributed by atoms with E-state index < -0.39 is 0 Å². The van der Waals surface area contributed by atoms with Crippen molar-refractivity contribution in [1.29, 1.82) is 0 Å². The molecule has 1 aromatic heterocycles. The standard InChI is InChI=1S/C11H14ClIN2/c12-10-9(13)7-14-11(15-10)8-5-3-1-2-4-6-8/h7-8H,1-6H2. The Morgan fingerprint density at radius 2 is 1.87 bits per heavy atom. The lowest BCUT2D eigenvalue weighted by Crippen LogP contribution is -2.04. The van der Waals surface area contributed by atoms with Gasteiger partial charge in [-0.2, -0.15) is 0 Å². The molecule has 82 valence electrons. The van der Waals surface area contributed by atoms with Gasteiger partial charge in [-0.25, -0.2) is 9.97 Å². The molecule has 2 nitrogen and oxygen atoms in total. The summed E-state index contributed by atoms with van der Waals surface area (Å²) in [5.41, 5.74) is 0. The maximum Gasteiger partial charge on any atom is 0.146 e. The van der Waals surface area contributed by atoms with E-state index in [2.05, 4.69) is 32.6 Å². The first kappa shape index (κ1) is 11.6. The molecule has 0 aliphatic heterocycles. The van der Waals surface area contributed by atoms with Crippen LogP contribution in [0, 0.1) is 3.57 Å². The highest BCUT2D eigenvalue weighted by molar-refractivity contribution is 14.1. The first-order valence-electron chi connectivity index (χ1n) is 5.45. The maximum atomic E-state index is 6.02. The van der Waals surface area contributed by atoms with Crippen LogP contribution in [0.4, 0.5) is 0 Å². The Hall–Kier alpha value is 0.100. The van der Waals surface area contributed by atoms with Gasteiger partial charge >= 0.3 is 0 Å². The summed E-state index contributed by atoms with van der Waals surface area (Å²) in [5.74, 6) is 1.48. The highest BCUT2D eigenvalue weighted by Crippen LogP contribution is 2.30. The van der Waals surface area contributed by atoms with Gasteiger partial charge < -0.3 is 0 Å². The lowest BCUT2D eigenvalue weighted by atomic mass is 10.00. The quantitative estimate of drug-likeness (QED) is 0.437. The summed E-state index contributed by atoms with van der Waals surface area (Å²) < 4.78 is 0.937. The van der Waals surface area contributed by atoms with E-state index in [0.717, 1.165) is 9.39 Å². The number of hydrogen-bond acceptors (Lipinski definition) is 2. The van der Waals surface area contributed by atoms with E-state index in [0.29, 0.717) is 11.1 Å². The van der Waals surface area contributed by atoms with Crippen LogP contribution in [0.5, 0.6) is 0 Å². The van der Waals surface area contributed by atoms with E-state index >= 15 is 0 Å². The molecule has 0 N–H and O–H groups in total. The number of aromatic nitrogens is 2. The summed E-state index contributed by atoms with van der Waals surface area (Å²) >= 11 is 8.18. The molecule has 1 fully saturated rings. The molecule has 0 amide bonds.